The van der Waals surface area contributed by atoms with Crippen LogP contribution in [0.25, 0.3) is 32.6 Å². The zero-order valence-corrected chi connectivity index (χ0v) is 18.6. The maximum absolute atomic E-state index is 14.1. The van der Waals surface area contributed by atoms with E-state index in [1.807, 2.05) is 0 Å². The number of nitrogens with zero attached hydrogens (tertiary/aromatic N) is 1. The number of rotatable bonds is 3. The Hall–Kier alpha value is -3.21. The highest BCUT2D eigenvalue weighted by Crippen LogP contribution is 2.38. The molecule has 12 heteroatoms. The molecule has 5 aromatic rings. The highest BCUT2D eigenvalue weighted by Gasteiger charge is 2.29. The summed E-state index contributed by atoms with van der Waals surface area (Å²) in [6.45, 7) is 0. The fourth-order valence-corrected chi connectivity index (χ4v) is 4.97. The molecule has 1 amide bonds. The van der Waals surface area contributed by atoms with Gasteiger partial charge in [-0.25, -0.2) is 26.9 Å². The van der Waals surface area contributed by atoms with Crippen molar-refractivity contribution in [2.75, 3.05) is 5.32 Å². The van der Waals surface area contributed by atoms with E-state index in [1.165, 1.54) is 18.2 Å². The third-order valence-electron chi connectivity index (χ3n) is 4.87. The lowest BCUT2D eigenvalue weighted by Gasteiger charge is -2.04. The Morgan fingerprint density at radius 1 is 0.912 bits per heavy atom. The van der Waals surface area contributed by atoms with Crippen molar-refractivity contribution in [1.82, 2.24) is 4.98 Å². The molecule has 3 aromatic carbocycles. The first-order valence-corrected chi connectivity index (χ1v) is 10.8. The number of carbonyl (C=O) groups is 1. The molecule has 0 unspecified atom stereocenters. The standard InChI is InChI=1S/C22H7Cl2F5N2O2S/c23-7-1-3-9-12(5-7)34-20(14(9)24)21(32)30-8-2-4-11-10(6-8)31-22(33-11)13-15(25)17(27)19(29)18(28)16(13)26/h1-6H,(H,30,32). The smallest absolute Gasteiger partial charge is 0.267 e. The van der Waals surface area contributed by atoms with Crippen LogP contribution in [0.2, 0.25) is 10.0 Å². The van der Waals surface area contributed by atoms with Gasteiger partial charge < -0.3 is 9.73 Å². The van der Waals surface area contributed by atoms with Crippen molar-refractivity contribution in [2.45, 2.75) is 0 Å². The molecule has 0 aliphatic rings. The average Bonchev–Trinajstić information content (AvgIpc) is 3.36. The van der Waals surface area contributed by atoms with Gasteiger partial charge in [-0.2, -0.15) is 0 Å². The van der Waals surface area contributed by atoms with Crippen molar-refractivity contribution in [1.29, 1.82) is 0 Å². The number of hydrogen-bond acceptors (Lipinski definition) is 4. The van der Waals surface area contributed by atoms with Gasteiger partial charge in [0.2, 0.25) is 11.7 Å². The molecule has 34 heavy (non-hydrogen) atoms. The van der Waals surface area contributed by atoms with Gasteiger partial charge >= 0.3 is 0 Å². The molecule has 4 nitrogen and oxygen atoms in total. The number of carbonyl (C=O) groups excluding carboxylic acids is 1. The van der Waals surface area contributed by atoms with Gasteiger partial charge in [0.05, 0.1) is 5.02 Å². The predicted octanol–water partition coefficient (Wildman–Crippen LogP) is 7.96. The Bertz CT molecular complexity index is 1620. The maximum Gasteiger partial charge on any atom is 0.267 e. The Morgan fingerprint density at radius 2 is 1.59 bits per heavy atom. The molecule has 0 bridgehead atoms. The van der Waals surface area contributed by atoms with Gasteiger partial charge in [0.1, 0.15) is 16.0 Å². The van der Waals surface area contributed by atoms with Gasteiger partial charge in [-0.1, -0.05) is 29.3 Å². The van der Waals surface area contributed by atoms with Crippen LogP contribution in [0, 0.1) is 29.1 Å². The van der Waals surface area contributed by atoms with Crippen LogP contribution in [0.3, 0.4) is 0 Å². The highest BCUT2D eigenvalue weighted by atomic mass is 35.5. The van der Waals surface area contributed by atoms with Gasteiger partial charge in [0, 0.05) is 20.8 Å². The SMILES string of the molecule is O=C(Nc1ccc2oc(-c3c(F)c(F)c(F)c(F)c3F)nc2c1)c1sc2cc(Cl)ccc2c1Cl. The molecular weight excluding hydrogens is 522 g/mol. The quantitative estimate of drug-likeness (QED) is 0.147. The van der Waals surface area contributed by atoms with Crippen LogP contribution in [0.4, 0.5) is 27.6 Å². The number of anilines is 1. The topological polar surface area (TPSA) is 55.1 Å². The van der Waals surface area contributed by atoms with Crippen LogP contribution in [0.15, 0.2) is 40.8 Å². The minimum absolute atomic E-state index is 0.00552. The predicted molar refractivity (Wildman–Crippen MR) is 119 cm³/mol. The van der Waals surface area contributed by atoms with E-state index in [4.69, 9.17) is 27.6 Å². The van der Waals surface area contributed by atoms with Gasteiger partial charge in [-0.05, 0) is 30.3 Å². The van der Waals surface area contributed by atoms with Crippen LogP contribution in [-0.2, 0) is 0 Å². The Labute approximate surface area is 200 Å². The zero-order valence-electron chi connectivity index (χ0n) is 16.3. The number of fused-ring (bicyclic) bond motifs is 2. The number of hydrogen-bond donors (Lipinski definition) is 1. The molecule has 0 radical (unpaired) electrons. The Morgan fingerprint density at radius 3 is 2.29 bits per heavy atom. The number of nitrogens with one attached hydrogen (secondary N) is 1. The molecule has 2 heterocycles. The molecular formula is C22H7Cl2F5N2O2S. The average molecular weight is 529 g/mol. The normalized spacial score (nSPS) is 11.5. The van der Waals surface area contributed by atoms with E-state index in [-0.39, 0.29) is 26.7 Å². The zero-order chi connectivity index (χ0) is 24.3. The summed E-state index contributed by atoms with van der Waals surface area (Å²) < 4.78 is 74.5. The summed E-state index contributed by atoms with van der Waals surface area (Å²) in [5.74, 6) is -12.0. The minimum Gasteiger partial charge on any atom is -0.436 e. The van der Waals surface area contributed by atoms with Crippen LogP contribution >= 0.6 is 34.5 Å². The number of aromatic nitrogens is 1. The van der Waals surface area contributed by atoms with Crippen molar-refractivity contribution in [3.63, 3.8) is 0 Å². The number of halogens is 7. The number of amides is 1. The van der Waals surface area contributed by atoms with E-state index in [2.05, 4.69) is 10.3 Å². The summed E-state index contributed by atoms with van der Waals surface area (Å²) >= 11 is 13.4. The minimum atomic E-state index is -2.29. The summed E-state index contributed by atoms with van der Waals surface area (Å²) in [5, 5.41) is 4.00. The molecule has 1 N–H and O–H groups in total. The van der Waals surface area contributed by atoms with Crippen LogP contribution < -0.4 is 5.32 Å². The van der Waals surface area contributed by atoms with Crippen molar-refractivity contribution < 1.29 is 31.2 Å². The van der Waals surface area contributed by atoms with Crippen molar-refractivity contribution in [2.24, 2.45) is 0 Å². The van der Waals surface area contributed by atoms with Crippen molar-refractivity contribution in [3.05, 3.63) is 80.4 Å². The maximum atomic E-state index is 14.1. The van der Waals surface area contributed by atoms with E-state index in [0.717, 1.165) is 11.3 Å². The number of oxazole rings is 1. The molecule has 0 saturated carbocycles. The van der Waals surface area contributed by atoms with Crippen LogP contribution in [0.1, 0.15) is 9.67 Å². The van der Waals surface area contributed by atoms with Gasteiger partial charge in [0.15, 0.2) is 28.9 Å². The monoisotopic (exact) mass is 528 g/mol. The molecule has 0 aliphatic carbocycles. The fraction of sp³-hybridized carbons (Fsp3) is 0. The summed E-state index contributed by atoms with van der Waals surface area (Å²) in [4.78, 5) is 16.8. The first-order chi connectivity index (χ1) is 16.2. The molecule has 0 spiro atoms. The first-order valence-electron chi connectivity index (χ1n) is 9.27. The third kappa shape index (κ3) is 3.58. The van der Waals surface area contributed by atoms with E-state index >= 15 is 0 Å². The van der Waals surface area contributed by atoms with E-state index in [0.29, 0.717) is 15.1 Å². The summed E-state index contributed by atoms with van der Waals surface area (Å²) in [6.07, 6.45) is 0. The number of thiophene rings is 1. The van der Waals surface area contributed by atoms with Gasteiger partial charge in [0.25, 0.3) is 5.91 Å². The molecule has 0 saturated heterocycles. The van der Waals surface area contributed by atoms with E-state index in [1.54, 1.807) is 18.2 Å². The number of benzene rings is 3. The van der Waals surface area contributed by atoms with E-state index < -0.39 is 46.4 Å². The lowest BCUT2D eigenvalue weighted by molar-refractivity contribution is 0.103. The van der Waals surface area contributed by atoms with Crippen LogP contribution in [0.5, 0.6) is 0 Å². The second kappa shape index (κ2) is 8.23. The van der Waals surface area contributed by atoms with Gasteiger partial charge in [-0.15, -0.1) is 11.3 Å². The van der Waals surface area contributed by atoms with Crippen LogP contribution in [-0.4, -0.2) is 10.9 Å². The molecule has 0 fully saturated rings. The molecule has 0 aliphatic heterocycles. The second-order valence-electron chi connectivity index (χ2n) is 6.99. The molecule has 2 aromatic heterocycles. The fourth-order valence-electron chi connectivity index (χ4n) is 3.28. The Kier molecular flexibility index (Phi) is 5.46. The first kappa shape index (κ1) is 22.6. The summed E-state index contributed by atoms with van der Waals surface area (Å²) in [6, 6.07) is 9.04. The summed E-state index contributed by atoms with van der Waals surface area (Å²) in [7, 11) is 0. The summed E-state index contributed by atoms with van der Waals surface area (Å²) in [5.41, 5.74) is -1.08. The lowest BCUT2D eigenvalue weighted by Crippen LogP contribution is -2.10. The highest BCUT2D eigenvalue weighted by molar-refractivity contribution is 7.21. The molecule has 172 valence electrons. The molecule has 0 atom stereocenters. The third-order valence-corrected chi connectivity index (χ3v) is 6.76. The van der Waals surface area contributed by atoms with Crippen molar-refractivity contribution >= 4 is 67.3 Å². The largest absolute Gasteiger partial charge is 0.436 e. The second-order valence-corrected chi connectivity index (χ2v) is 8.85. The Balaban J connectivity index is 1.50. The van der Waals surface area contributed by atoms with E-state index in [9.17, 15) is 26.7 Å². The van der Waals surface area contributed by atoms with Gasteiger partial charge in [-0.3, -0.25) is 4.79 Å². The van der Waals surface area contributed by atoms with Crippen molar-refractivity contribution in [3.8, 4) is 11.5 Å². The lowest BCUT2D eigenvalue weighted by atomic mass is 10.1. The molecule has 5 rings (SSSR count).